The zero-order chi connectivity index (χ0) is 20.2. The highest BCUT2D eigenvalue weighted by molar-refractivity contribution is 5.73. The first-order chi connectivity index (χ1) is 14.2. The van der Waals surface area contributed by atoms with Crippen LogP contribution in [0.1, 0.15) is 37.3 Å². The van der Waals surface area contributed by atoms with Crippen LogP contribution in [-0.4, -0.2) is 14.8 Å². The number of nitrogens with zero attached hydrogens (tertiary/aromatic N) is 3. The maximum Gasteiger partial charge on any atom is 0.0930 e. The van der Waals surface area contributed by atoms with Crippen LogP contribution in [0.4, 0.5) is 0 Å². The van der Waals surface area contributed by atoms with E-state index in [1.54, 1.807) is 0 Å². The second-order valence-corrected chi connectivity index (χ2v) is 7.27. The van der Waals surface area contributed by atoms with Gasteiger partial charge in [-0.1, -0.05) is 56.8 Å². The third-order valence-corrected chi connectivity index (χ3v) is 5.42. The van der Waals surface area contributed by atoms with E-state index in [1.165, 1.54) is 11.1 Å². The highest BCUT2D eigenvalue weighted by Crippen LogP contribution is 2.33. The highest BCUT2D eigenvalue weighted by atomic mass is 15.3. The molecule has 29 heavy (non-hydrogen) atoms. The number of pyridine rings is 1. The van der Waals surface area contributed by atoms with Crippen LogP contribution in [-0.2, 0) is 0 Å². The molecular weight excluding hydrogens is 354 g/mol. The van der Waals surface area contributed by atoms with Crippen molar-refractivity contribution in [3.8, 4) is 28.2 Å². The summed E-state index contributed by atoms with van der Waals surface area (Å²) in [5, 5.41) is 4.89. The van der Waals surface area contributed by atoms with Crippen molar-refractivity contribution >= 4 is 6.08 Å². The molecule has 2 heterocycles. The Kier molecular flexibility index (Phi) is 5.39. The molecule has 0 amide bonds. The van der Waals surface area contributed by atoms with E-state index in [-0.39, 0.29) is 0 Å². The fraction of sp³-hybridized carbons (Fsp3) is 0.154. The summed E-state index contributed by atoms with van der Waals surface area (Å²) in [7, 11) is 0. The number of rotatable bonds is 6. The van der Waals surface area contributed by atoms with Crippen LogP contribution < -0.4 is 0 Å². The maximum atomic E-state index is 4.89. The topological polar surface area (TPSA) is 30.7 Å². The summed E-state index contributed by atoms with van der Waals surface area (Å²) in [5.41, 5.74) is 7.69. The summed E-state index contributed by atoms with van der Waals surface area (Å²) in [6, 6.07) is 22.9. The van der Waals surface area contributed by atoms with Gasteiger partial charge in [0.15, 0.2) is 0 Å². The minimum Gasteiger partial charge on any atom is -0.256 e. The van der Waals surface area contributed by atoms with E-state index >= 15 is 0 Å². The average Bonchev–Trinajstić information content (AvgIpc) is 3.29. The Bertz CT molecular complexity index is 1110. The minimum atomic E-state index is 0.458. The van der Waals surface area contributed by atoms with Crippen molar-refractivity contribution in [2.45, 2.75) is 26.2 Å². The van der Waals surface area contributed by atoms with Crippen molar-refractivity contribution in [2.75, 3.05) is 0 Å². The Morgan fingerprint density at radius 2 is 1.83 bits per heavy atom. The van der Waals surface area contributed by atoms with Crippen LogP contribution in [0.2, 0.25) is 0 Å². The Morgan fingerprint density at radius 3 is 2.52 bits per heavy atom. The van der Waals surface area contributed by atoms with Gasteiger partial charge in [-0.05, 0) is 59.9 Å². The van der Waals surface area contributed by atoms with Gasteiger partial charge in [0.05, 0.1) is 17.1 Å². The van der Waals surface area contributed by atoms with Crippen LogP contribution in [0.25, 0.3) is 34.3 Å². The summed E-state index contributed by atoms with van der Waals surface area (Å²) in [4.78, 5) is 4.51. The quantitative estimate of drug-likeness (QED) is 0.370. The molecule has 4 rings (SSSR count). The van der Waals surface area contributed by atoms with Crippen molar-refractivity contribution < 1.29 is 0 Å². The Labute approximate surface area is 172 Å². The van der Waals surface area contributed by atoms with Crippen LogP contribution in [0.15, 0.2) is 85.7 Å². The molecule has 0 aliphatic heterocycles. The van der Waals surface area contributed by atoms with Crippen molar-refractivity contribution in [1.29, 1.82) is 0 Å². The molecule has 4 aromatic rings. The fourth-order valence-corrected chi connectivity index (χ4v) is 3.50. The second-order valence-electron chi connectivity index (χ2n) is 7.27. The summed E-state index contributed by atoms with van der Waals surface area (Å²) in [6.07, 6.45) is 6.78. The van der Waals surface area contributed by atoms with Crippen LogP contribution in [0.5, 0.6) is 0 Å². The average molecular weight is 380 g/mol. The summed E-state index contributed by atoms with van der Waals surface area (Å²) in [5.74, 6) is 0.458. The molecule has 0 aliphatic carbocycles. The predicted octanol–water partition coefficient (Wildman–Crippen LogP) is 6.76. The van der Waals surface area contributed by atoms with Crippen molar-refractivity contribution in [2.24, 2.45) is 0 Å². The molecule has 0 fully saturated rings. The summed E-state index contributed by atoms with van der Waals surface area (Å²) < 4.78 is 1.93. The largest absolute Gasteiger partial charge is 0.256 e. The Balaban J connectivity index is 1.78. The molecule has 1 atom stereocenters. The Hall–Kier alpha value is -3.46. The number of benzene rings is 2. The lowest BCUT2D eigenvalue weighted by Crippen LogP contribution is -1.99. The lowest BCUT2D eigenvalue weighted by molar-refractivity contribution is 0.734. The lowest BCUT2D eigenvalue weighted by atomic mass is 9.90. The van der Waals surface area contributed by atoms with Crippen molar-refractivity contribution in [3.63, 3.8) is 0 Å². The molecule has 0 saturated heterocycles. The molecule has 2 aromatic carbocycles. The molecule has 0 spiro atoms. The molecule has 0 saturated carbocycles. The molecular formula is C26H25N3. The first kappa shape index (κ1) is 18.9. The highest BCUT2D eigenvalue weighted by Gasteiger charge is 2.15. The number of hydrogen-bond donors (Lipinski definition) is 0. The van der Waals surface area contributed by atoms with E-state index in [0.29, 0.717) is 5.92 Å². The SMILES string of the molecule is C=Cc1ccc(-n2ccc(-c3cc(-c4ccccn4)ccc3C(C)CC)n2)cc1. The molecule has 0 N–H and O–H groups in total. The van der Waals surface area contributed by atoms with E-state index in [4.69, 9.17) is 5.10 Å². The minimum absolute atomic E-state index is 0.458. The molecule has 3 nitrogen and oxygen atoms in total. The maximum absolute atomic E-state index is 4.89. The summed E-state index contributed by atoms with van der Waals surface area (Å²) >= 11 is 0. The Morgan fingerprint density at radius 1 is 1.00 bits per heavy atom. The number of aromatic nitrogens is 3. The first-order valence-corrected chi connectivity index (χ1v) is 10.0. The van der Waals surface area contributed by atoms with Gasteiger partial charge < -0.3 is 0 Å². The zero-order valence-electron chi connectivity index (χ0n) is 16.9. The van der Waals surface area contributed by atoms with Crippen molar-refractivity contribution in [1.82, 2.24) is 14.8 Å². The van der Waals surface area contributed by atoms with E-state index in [2.05, 4.69) is 73.9 Å². The van der Waals surface area contributed by atoms with E-state index in [9.17, 15) is 0 Å². The fourth-order valence-electron chi connectivity index (χ4n) is 3.50. The third kappa shape index (κ3) is 3.90. The van der Waals surface area contributed by atoms with Gasteiger partial charge in [0.1, 0.15) is 0 Å². The lowest BCUT2D eigenvalue weighted by Gasteiger charge is -2.15. The van der Waals surface area contributed by atoms with E-state index in [0.717, 1.165) is 34.6 Å². The molecule has 0 aliphatic rings. The molecule has 1 unspecified atom stereocenters. The van der Waals surface area contributed by atoms with Gasteiger partial charge in [0.25, 0.3) is 0 Å². The van der Waals surface area contributed by atoms with Gasteiger partial charge in [-0.2, -0.15) is 5.10 Å². The first-order valence-electron chi connectivity index (χ1n) is 10.0. The molecule has 2 aromatic heterocycles. The van der Waals surface area contributed by atoms with Gasteiger partial charge in [-0.3, -0.25) is 4.98 Å². The van der Waals surface area contributed by atoms with Crippen LogP contribution >= 0.6 is 0 Å². The van der Waals surface area contributed by atoms with Gasteiger partial charge >= 0.3 is 0 Å². The molecule has 3 heteroatoms. The van der Waals surface area contributed by atoms with E-state index < -0.39 is 0 Å². The van der Waals surface area contributed by atoms with Gasteiger partial charge in [-0.15, -0.1) is 0 Å². The van der Waals surface area contributed by atoms with Crippen LogP contribution in [0, 0.1) is 0 Å². The van der Waals surface area contributed by atoms with Gasteiger partial charge in [0, 0.05) is 23.5 Å². The predicted molar refractivity (Wildman–Crippen MR) is 121 cm³/mol. The zero-order valence-corrected chi connectivity index (χ0v) is 16.9. The standard InChI is InChI=1S/C26H25N3/c1-4-19(3)23-14-11-21(25-8-6-7-16-27-25)18-24(23)26-15-17-29(28-26)22-12-9-20(5-2)10-13-22/h5-19H,2,4H2,1,3H3. The smallest absolute Gasteiger partial charge is 0.0930 e. The second kappa shape index (κ2) is 8.27. The van der Waals surface area contributed by atoms with E-state index in [1.807, 2.05) is 41.4 Å². The van der Waals surface area contributed by atoms with Crippen molar-refractivity contribution in [3.05, 3.63) is 96.8 Å². The molecule has 144 valence electrons. The third-order valence-electron chi connectivity index (χ3n) is 5.42. The normalized spacial score (nSPS) is 11.9. The van der Waals surface area contributed by atoms with Crippen LogP contribution in [0.3, 0.4) is 0 Å². The van der Waals surface area contributed by atoms with Gasteiger partial charge in [-0.25, -0.2) is 4.68 Å². The monoisotopic (exact) mass is 379 g/mol. The van der Waals surface area contributed by atoms with Gasteiger partial charge in [0.2, 0.25) is 0 Å². The molecule has 0 radical (unpaired) electrons. The number of hydrogen-bond acceptors (Lipinski definition) is 2. The summed E-state index contributed by atoms with van der Waals surface area (Å²) in [6.45, 7) is 8.31. The molecule has 0 bridgehead atoms.